The zero-order valence-electron chi connectivity index (χ0n) is 15.9. The third kappa shape index (κ3) is 2.07. The van der Waals surface area contributed by atoms with E-state index in [1.54, 1.807) is 0 Å². The van der Waals surface area contributed by atoms with Gasteiger partial charge in [-0.15, -0.1) is 0 Å². The second-order valence-electron chi connectivity index (χ2n) is 9.97. The highest BCUT2D eigenvalue weighted by Gasteiger charge is 2.58. The van der Waals surface area contributed by atoms with Gasteiger partial charge in [-0.1, -0.05) is 13.0 Å². The van der Waals surface area contributed by atoms with Gasteiger partial charge in [0.05, 0.1) is 12.2 Å². The van der Waals surface area contributed by atoms with Gasteiger partial charge < -0.3 is 10.2 Å². The lowest BCUT2D eigenvalue weighted by atomic mass is 9.50. The molecule has 27 heavy (non-hydrogen) atoms. The summed E-state index contributed by atoms with van der Waals surface area (Å²) in [5, 5.41) is 33.7. The molecule has 6 atom stereocenters. The Morgan fingerprint density at radius 2 is 1.81 bits per heavy atom. The maximum absolute atomic E-state index is 11.3. The topological polar surface area (TPSA) is 82.0 Å². The number of hydrogen-bond acceptors (Lipinski definition) is 4. The first-order chi connectivity index (χ1) is 13.1. The van der Waals surface area contributed by atoms with E-state index in [0.29, 0.717) is 29.6 Å². The van der Waals surface area contributed by atoms with Gasteiger partial charge in [0.15, 0.2) is 0 Å². The van der Waals surface area contributed by atoms with Gasteiger partial charge in [-0.05, 0) is 91.6 Å². The van der Waals surface area contributed by atoms with Gasteiger partial charge in [-0.2, -0.15) is 15.4 Å². The van der Waals surface area contributed by atoms with Crippen molar-refractivity contribution in [3.63, 3.8) is 0 Å². The number of aliphatic hydroxyl groups is 2. The molecule has 1 heterocycles. The molecule has 5 aliphatic carbocycles. The zero-order valence-corrected chi connectivity index (χ0v) is 15.9. The summed E-state index contributed by atoms with van der Waals surface area (Å²) in [6.07, 6.45) is 7.26. The Morgan fingerprint density at radius 3 is 2.63 bits per heavy atom. The number of hydrogen-bond donors (Lipinski definition) is 3. The second kappa shape index (κ2) is 5.54. The molecule has 1 aromatic carbocycles. The largest absolute Gasteiger partial charge is 0.392 e. The van der Waals surface area contributed by atoms with Crippen molar-refractivity contribution in [3.8, 4) is 0 Å². The molecule has 2 bridgehead atoms. The molecule has 0 radical (unpaired) electrons. The Kier molecular flexibility index (Phi) is 3.38. The number of nitrogens with zero attached hydrogens (tertiary/aromatic N) is 2. The Morgan fingerprint density at radius 1 is 1.04 bits per heavy atom. The second-order valence-corrected chi connectivity index (χ2v) is 9.97. The van der Waals surface area contributed by atoms with Crippen molar-refractivity contribution in [2.45, 2.75) is 70.0 Å². The SMILES string of the molecule is CC12CCC3c4ccc5n[nH]nc5c4C(O)CC3C1C1CCC(CC1)C2O. The van der Waals surface area contributed by atoms with E-state index < -0.39 is 6.10 Å². The van der Waals surface area contributed by atoms with Gasteiger partial charge in [-0.3, -0.25) is 0 Å². The molecule has 6 unspecified atom stereocenters. The minimum atomic E-state index is -0.477. The minimum Gasteiger partial charge on any atom is -0.392 e. The maximum atomic E-state index is 11.3. The predicted molar refractivity (Wildman–Crippen MR) is 102 cm³/mol. The molecule has 3 N–H and O–H groups in total. The molecular weight excluding hydrogens is 338 g/mol. The van der Waals surface area contributed by atoms with Crippen LogP contribution in [0, 0.1) is 29.1 Å². The molecule has 144 valence electrons. The van der Waals surface area contributed by atoms with E-state index in [4.69, 9.17) is 0 Å². The van der Waals surface area contributed by atoms with Crippen LogP contribution in [0.2, 0.25) is 0 Å². The fraction of sp³-hybridized carbons (Fsp3) is 0.727. The van der Waals surface area contributed by atoms with Crippen LogP contribution in [0.5, 0.6) is 0 Å². The fourth-order valence-electron chi connectivity index (χ4n) is 7.87. The van der Waals surface area contributed by atoms with Gasteiger partial charge in [-0.25, -0.2) is 0 Å². The van der Waals surface area contributed by atoms with Crippen LogP contribution >= 0.6 is 0 Å². The molecule has 4 saturated carbocycles. The predicted octanol–water partition coefficient (Wildman–Crippen LogP) is 3.69. The summed E-state index contributed by atoms with van der Waals surface area (Å²) in [6, 6.07) is 4.24. The van der Waals surface area contributed by atoms with E-state index in [1.165, 1.54) is 31.2 Å². The summed E-state index contributed by atoms with van der Waals surface area (Å²) in [5.74, 6) is 2.66. The minimum absolute atomic E-state index is 0.0126. The smallest absolute Gasteiger partial charge is 0.119 e. The Hall–Kier alpha value is -1.46. The van der Waals surface area contributed by atoms with E-state index in [2.05, 4.69) is 28.4 Å². The van der Waals surface area contributed by atoms with Gasteiger partial charge >= 0.3 is 0 Å². The molecule has 5 aliphatic rings. The molecule has 1 aromatic heterocycles. The number of H-pyrrole nitrogens is 1. The number of aromatic nitrogens is 3. The summed E-state index contributed by atoms with van der Waals surface area (Å²) in [5.41, 5.74) is 3.99. The van der Waals surface area contributed by atoms with Crippen molar-refractivity contribution in [1.82, 2.24) is 15.4 Å². The van der Waals surface area contributed by atoms with Crippen LogP contribution in [0.25, 0.3) is 11.0 Å². The summed E-state index contributed by atoms with van der Waals surface area (Å²) < 4.78 is 0. The monoisotopic (exact) mass is 367 g/mol. The van der Waals surface area contributed by atoms with Gasteiger partial charge in [0.2, 0.25) is 0 Å². The normalized spacial score (nSPS) is 45.8. The van der Waals surface area contributed by atoms with Gasteiger partial charge in [0, 0.05) is 5.56 Å². The molecule has 4 fully saturated rings. The number of rotatable bonds is 0. The van der Waals surface area contributed by atoms with Crippen LogP contribution < -0.4 is 0 Å². The average molecular weight is 367 g/mol. The van der Waals surface area contributed by atoms with Crippen LogP contribution in [0.15, 0.2) is 12.1 Å². The summed E-state index contributed by atoms with van der Waals surface area (Å²) >= 11 is 0. The van der Waals surface area contributed by atoms with Crippen molar-refractivity contribution < 1.29 is 10.2 Å². The molecule has 5 heteroatoms. The van der Waals surface area contributed by atoms with Crippen molar-refractivity contribution in [3.05, 3.63) is 23.3 Å². The van der Waals surface area contributed by atoms with Crippen molar-refractivity contribution in [2.24, 2.45) is 29.1 Å². The number of nitrogens with one attached hydrogen (secondary N) is 1. The van der Waals surface area contributed by atoms with E-state index in [0.717, 1.165) is 35.9 Å². The van der Waals surface area contributed by atoms with E-state index in [1.807, 2.05) is 6.07 Å². The molecule has 0 saturated heterocycles. The summed E-state index contributed by atoms with van der Waals surface area (Å²) in [6.45, 7) is 2.36. The first-order valence-electron chi connectivity index (χ1n) is 10.8. The first kappa shape index (κ1) is 16.5. The third-order valence-electron chi connectivity index (χ3n) is 8.97. The lowest BCUT2D eigenvalue weighted by molar-refractivity contribution is -0.0952. The number of aliphatic hydroxyl groups excluding tert-OH is 2. The molecule has 5 nitrogen and oxygen atoms in total. The summed E-state index contributed by atoms with van der Waals surface area (Å²) in [7, 11) is 0. The number of aromatic amines is 1. The van der Waals surface area contributed by atoms with Crippen molar-refractivity contribution in [2.75, 3.05) is 0 Å². The standard InChI is InChI=1S/C22H29N3O2/c1-22-9-8-13-14-6-7-16-20(24-25-23-16)18(14)17(26)10-15(13)19(22)11-2-4-12(5-3-11)21(22)27/h6-7,11-13,15,17,19,21,26-27H,2-5,8-10H2,1H3,(H,23,24,25). The molecule has 2 aromatic rings. The van der Waals surface area contributed by atoms with Crippen LogP contribution in [0.4, 0.5) is 0 Å². The Bertz CT molecular complexity index is 887. The van der Waals surface area contributed by atoms with E-state index in [9.17, 15) is 10.2 Å². The van der Waals surface area contributed by atoms with Crippen LogP contribution in [-0.4, -0.2) is 31.7 Å². The van der Waals surface area contributed by atoms with Gasteiger partial charge in [0.1, 0.15) is 11.0 Å². The zero-order chi connectivity index (χ0) is 18.3. The van der Waals surface area contributed by atoms with Gasteiger partial charge in [0.25, 0.3) is 0 Å². The Labute approximate surface area is 159 Å². The summed E-state index contributed by atoms with van der Waals surface area (Å²) in [4.78, 5) is 0. The van der Waals surface area contributed by atoms with E-state index in [-0.39, 0.29) is 11.5 Å². The average Bonchev–Trinajstić information content (AvgIpc) is 3.09. The molecule has 0 aliphatic heterocycles. The highest BCUT2D eigenvalue weighted by Crippen LogP contribution is 2.64. The lowest BCUT2D eigenvalue weighted by Crippen LogP contribution is -2.50. The van der Waals surface area contributed by atoms with E-state index >= 15 is 0 Å². The molecule has 0 spiro atoms. The van der Waals surface area contributed by atoms with Crippen LogP contribution in [-0.2, 0) is 0 Å². The highest BCUT2D eigenvalue weighted by molar-refractivity contribution is 5.80. The number of benzene rings is 1. The molecule has 0 amide bonds. The Balaban J connectivity index is 1.49. The quantitative estimate of drug-likeness (QED) is 0.663. The van der Waals surface area contributed by atoms with Crippen molar-refractivity contribution in [1.29, 1.82) is 0 Å². The molecular formula is C22H29N3O2. The lowest BCUT2D eigenvalue weighted by Gasteiger charge is -2.55. The molecule has 7 rings (SSSR count). The van der Waals surface area contributed by atoms with Crippen molar-refractivity contribution >= 4 is 11.0 Å². The van der Waals surface area contributed by atoms with Crippen LogP contribution in [0.3, 0.4) is 0 Å². The third-order valence-corrected chi connectivity index (χ3v) is 8.97. The highest BCUT2D eigenvalue weighted by atomic mass is 16.3. The first-order valence-corrected chi connectivity index (χ1v) is 10.8. The maximum Gasteiger partial charge on any atom is 0.119 e. The fourth-order valence-corrected chi connectivity index (χ4v) is 7.87. The number of fused-ring (bicyclic) bond motifs is 7. The van der Waals surface area contributed by atoms with Crippen LogP contribution in [0.1, 0.15) is 75.0 Å².